The van der Waals surface area contributed by atoms with Gasteiger partial charge in [0.1, 0.15) is 0 Å². The molecule has 0 aliphatic heterocycles. The van der Waals surface area contributed by atoms with Crippen LogP contribution in [0.4, 0.5) is 0 Å². The van der Waals surface area contributed by atoms with Crippen molar-refractivity contribution in [2.24, 2.45) is 0 Å². The third-order valence-electron chi connectivity index (χ3n) is 0. The van der Waals surface area contributed by atoms with Gasteiger partial charge in [-0.15, -0.1) is 0 Å². The second kappa shape index (κ2) is 10.9. The first kappa shape index (κ1) is 14.5. The molecule has 0 saturated carbocycles. The summed E-state index contributed by atoms with van der Waals surface area (Å²) in [4.78, 5) is 0. The molecular weight excluding hydrogens is 583 g/mol. The van der Waals surface area contributed by atoms with Gasteiger partial charge in [-0.1, -0.05) is 0 Å². The van der Waals surface area contributed by atoms with Gasteiger partial charge in [0.15, 0.2) is 0 Å². The van der Waals surface area contributed by atoms with E-state index in [1.54, 1.807) is 0 Å². The maximum absolute atomic E-state index is 3.23. The zero-order chi connectivity index (χ0) is 7.15. The van der Waals surface area contributed by atoms with E-state index in [-0.39, 0.29) is 0 Å². The third kappa shape index (κ3) is 51.1. The van der Waals surface area contributed by atoms with Gasteiger partial charge in [0.25, 0.3) is 0 Å². The molecule has 0 aromatic carbocycles. The molecule has 0 aromatic heterocycles. The Kier molecular flexibility index (Phi) is 19.8. The van der Waals surface area contributed by atoms with E-state index in [0.29, 0.717) is 0 Å². The molecule has 0 atom stereocenters. The van der Waals surface area contributed by atoms with Crippen molar-refractivity contribution in [3.8, 4) is 0 Å². The average molecular weight is 583 g/mol. The minimum absolute atomic E-state index is 0.604. The van der Waals surface area contributed by atoms with Crippen molar-refractivity contribution in [1.82, 2.24) is 0 Å². The summed E-state index contributed by atoms with van der Waals surface area (Å²) in [5.74, 6) is 0. The van der Waals surface area contributed by atoms with Crippen LogP contribution in [0.2, 0.25) is 0 Å². The molecule has 0 aromatic rings. The van der Waals surface area contributed by atoms with Crippen LogP contribution in [0.25, 0.3) is 0 Å². The standard InChI is InChI=1S/6BrH.2Cr/h6*1H;;/q;;;;;;2*+3/p-6. The molecule has 0 aliphatic rings. The fourth-order valence-corrected chi connectivity index (χ4v) is 0. The quantitative estimate of drug-likeness (QED) is 0.374. The molecule has 0 aliphatic carbocycles. The molecule has 0 unspecified atom stereocenters. The van der Waals surface area contributed by atoms with Crippen molar-refractivity contribution < 1.29 is 17.3 Å². The normalized spacial score (nSPS) is 9.00. The van der Waals surface area contributed by atoms with Crippen molar-refractivity contribution in [2.75, 3.05) is 0 Å². The van der Waals surface area contributed by atoms with Gasteiger partial charge < -0.3 is 0 Å². The minimum atomic E-state index is -0.604. The summed E-state index contributed by atoms with van der Waals surface area (Å²) in [6.45, 7) is 0. The molecule has 0 amide bonds. The Balaban J connectivity index is 0. The molecule has 0 N–H and O–H groups in total. The van der Waals surface area contributed by atoms with Crippen molar-refractivity contribution in [3.05, 3.63) is 0 Å². The monoisotopic (exact) mass is 577 g/mol. The molecule has 0 heterocycles. The number of hydrogen-bond donors (Lipinski definition) is 0. The zero-order valence-electron chi connectivity index (χ0n) is 3.08. The maximum atomic E-state index is 3.23. The Morgan fingerprint density at radius 2 is 0.500 bits per heavy atom. The van der Waals surface area contributed by atoms with E-state index >= 15 is 0 Å². The number of halogens is 6. The van der Waals surface area contributed by atoms with Gasteiger partial charge in [0.05, 0.1) is 0 Å². The number of rotatable bonds is 0. The van der Waals surface area contributed by atoms with Crippen LogP contribution in [0.1, 0.15) is 0 Å². The van der Waals surface area contributed by atoms with E-state index in [1.165, 1.54) is 0 Å². The zero-order valence-corrected chi connectivity index (χ0v) is 15.2. The molecule has 0 bridgehead atoms. The molecule has 0 rings (SSSR count). The van der Waals surface area contributed by atoms with E-state index in [4.69, 9.17) is 0 Å². The van der Waals surface area contributed by atoms with Crippen molar-refractivity contribution in [3.63, 3.8) is 0 Å². The van der Waals surface area contributed by atoms with Crippen molar-refractivity contribution in [2.45, 2.75) is 0 Å². The summed E-state index contributed by atoms with van der Waals surface area (Å²) >= 11 is 19.4. The summed E-state index contributed by atoms with van der Waals surface area (Å²) in [6, 6.07) is 0. The Labute approximate surface area is 99.2 Å². The molecular formula is Br6Cr2. The Bertz CT molecular complexity index is 22.0. The SMILES string of the molecule is [Br][Cr]([Br])[Br].[Br][Cr]([Br])[Br]. The summed E-state index contributed by atoms with van der Waals surface area (Å²) < 4.78 is 0. The first-order chi connectivity index (χ1) is 3.46. The van der Waals surface area contributed by atoms with Gasteiger partial charge >= 0.3 is 102 Å². The second-order valence-electron chi connectivity index (χ2n) is 0.350. The van der Waals surface area contributed by atoms with E-state index in [0.717, 1.165) is 0 Å². The number of hydrogen-bond acceptors (Lipinski definition) is 0. The van der Waals surface area contributed by atoms with Gasteiger partial charge in [-0.2, -0.15) is 0 Å². The summed E-state index contributed by atoms with van der Waals surface area (Å²) in [5.41, 5.74) is 0. The van der Waals surface area contributed by atoms with E-state index < -0.39 is 17.3 Å². The summed E-state index contributed by atoms with van der Waals surface area (Å²) in [5, 5.41) is 0. The van der Waals surface area contributed by atoms with Crippen LogP contribution in [-0.2, 0) is 17.3 Å². The predicted octanol–water partition coefficient (Wildman–Crippen LogP) is 5.07. The van der Waals surface area contributed by atoms with Gasteiger partial charge in [0.2, 0.25) is 0 Å². The van der Waals surface area contributed by atoms with Crippen molar-refractivity contribution >= 4 is 84.3 Å². The predicted molar refractivity (Wildman–Crippen MR) is 53.6 cm³/mol. The van der Waals surface area contributed by atoms with Crippen LogP contribution in [0.15, 0.2) is 0 Å². The van der Waals surface area contributed by atoms with Gasteiger partial charge in [-0.25, -0.2) is 0 Å². The Morgan fingerprint density at radius 1 is 0.500 bits per heavy atom. The fraction of sp³-hybridized carbons (Fsp3) is 0. The molecule has 0 nitrogen and oxygen atoms in total. The van der Waals surface area contributed by atoms with Crippen LogP contribution in [-0.4, -0.2) is 0 Å². The van der Waals surface area contributed by atoms with Crippen LogP contribution in [0.3, 0.4) is 0 Å². The Morgan fingerprint density at radius 3 is 0.500 bits per heavy atom. The molecule has 0 radical (unpaired) electrons. The Hall–Kier alpha value is 3.94. The van der Waals surface area contributed by atoms with Crippen LogP contribution in [0, 0.1) is 0 Å². The van der Waals surface area contributed by atoms with Crippen LogP contribution >= 0.6 is 84.3 Å². The average Bonchev–Trinajstić information content (AvgIpc) is 1.25. The van der Waals surface area contributed by atoms with Crippen molar-refractivity contribution in [1.29, 1.82) is 0 Å². The van der Waals surface area contributed by atoms with Gasteiger partial charge in [0, 0.05) is 0 Å². The van der Waals surface area contributed by atoms with Gasteiger partial charge in [-0.3, -0.25) is 0 Å². The molecule has 0 saturated heterocycles. The van der Waals surface area contributed by atoms with Gasteiger partial charge in [-0.05, 0) is 0 Å². The van der Waals surface area contributed by atoms with Crippen LogP contribution in [0.5, 0.6) is 0 Å². The first-order valence-corrected chi connectivity index (χ1v) is 19.8. The molecule has 54 valence electrons. The second-order valence-corrected chi connectivity index (χ2v) is 39.0. The van der Waals surface area contributed by atoms with Crippen LogP contribution < -0.4 is 0 Å². The molecule has 0 spiro atoms. The molecule has 8 heavy (non-hydrogen) atoms. The third-order valence-corrected chi connectivity index (χ3v) is 0. The van der Waals surface area contributed by atoms with E-state index in [9.17, 15) is 0 Å². The summed E-state index contributed by atoms with van der Waals surface area (Å²) in [6.07, 6.45) is 0. The van der Waals surface area contributed by atoms with E-state index in [1.807, 2.05) is 0 Å². The molecule has 8 heteroatoms. The fourth-order valence-electron chi connectivity index (χ4n) is 0. The summed E-state index contributed by atoms with van der Waals surface area (Å²) in [7, 11) is -1.21. The first-order valence-electron chi connectivity index (χ1n) is 0.926. The topological polar surface area (TPSA) is 0 Å². The van der Waals surface area contributed by atoms with E-state index in [2.05, 4.69) is 84.3 Å². The molecule has 0 fully saturated rings.